The number of nitrogens with zero attached hydrogens (tertiary/aromatic N) is 4. The Bertz CT molecular complexity index is 438. The van der Waals surface area contributed by atoms with Crippen LogP contribution >= 0.6 is 11.6 Å². The van der Waals surface area contributed by atoms with Gasteiger partial charge in [0.1, 0.15) is 10.8 Å². The predicted molar refractivity (Wildman–Crippen MR) is 53.9 cm³/mol. The van der Waals surface area contributed by atoms with E-state index in [1.54, 1.807) is 12.4 Å². The summed E-state index contributed by atoms with van der Waals surface area (Å²) in [4.78, 5) is 8.15. The van der Waals surface area contributed by atoms with Crippen molar-refractivity contribution in [3.63, 3.8) is 0 Å². The quantitative estimate of drug-likeness (QED) is 0.759. The highest BCUT2D eigenvalue weighted by molar-refractivity contribution is 6.29. The number of aryl methyl sites for hydroxylation is 1. The largest absolute Gasteiger partial charge is 0.264 e. The molecule has 0 saturated heterocycles. The fourth-order valence-corrected chi connectivity index (χ4v) is 1.42. The van der Waals surface area contributed by atoms with Crippen molar-refractivity contribution >= 4 is 11.6 Å². The molecule has 14 heavy (non-hydrogen) atoms. The third-order valence-electron chi connectivity index (χ3n) is 1.88. The molecule has 0 aliphatic rings. The molecule has 0 N–H and O–H groups in total. The van der Waals surface area contributed by atoms with Crippen LogP contribution in [0.2, 0.25) is 5.15 Å². The highest BCUT2D eigenvalue weighted by Crippen LogP contribution is 2.16. The van der Waals surface area contributed by atoms with Crippen molar-refractivity contribution in [3.05, 3.63) is 29.8 Å². The maximum absolute atomic E-state index is 5.75. The second-order valence-electron chi connectivity index (χ2n) is 2.76. The Morgan fingerprint density at radius 2 is 2.29 bits per heavy atom. The minimum atomic E-state index is 0.395. The number of hydrogen-bond donors (Lipinski definition) is 0. The van der Waals surface area contributed by atoms with E-state index in [9.17, 15) is 0 Å². The summed E-state index contributed by atoms with van der Waals surface area (Å²) >= 11 is 5.75. The van der Waals surface area contributed by atoms with Gasteiger partial charge in [-0.1, -0.05) is 11.6 Å². The maximum Gasteiger partial charge on any atom is 0.148 e. The van der Waals surface area contributed by atoms with Gasteiger partial charge in [0.25, 0.3) is 0 Å². The fraction of sp³-hybridized carbons (Fsp3) is 0.222. The van der Waals surface area contributed by atoms with Gasteiger partial charge in [0.2, 0.25) is 0 Å². The third-order valence-corrected chi connectivity index (χ3v) is 2.07. The first kappa shape index (κ1) is 9.15. The molecule has 4 nitrogen and oxygen atoms in total. The first-order valence-corrected chi connectivity index (χ1v) is 4.69. The first-order chi connectivity index (χ1) is 6.81. The summed E-state index contributed by atoms with van der Waals surface area (Å²) in [6.07, 6.45) is 4.92. The molecule has 72 valence electrons. The van der Waals surface area contributed by atoms with Gasteiger partial charge in [0.05, 0.1) is 18.1 Å². The Hall–Kier alpha value is -1.42. The van der Waals surface area contributed by atoms with Crippen LogP contribution in [0.1, 0.15) is 6.92 Å². The predicted octanol–water partition coefficient (Wildman–Crippen LogP) is 2.01. The highest BCUT2D eigenvalue weighted by atomic mass is 35.5. The van der Waals surface area contributed by atoms with Gasteiger partial charge in [0.15, 0.2) is 0 Å². The first-order valence-electron chi connectivity index (χ1n) is 4.31. The molecule has 0 atom stereocenters. The monoisotopic (exact) mass is 208 g/mol. The summed E-state index contributed by atoms with van der Waals surface area (Å²) < 4.78 is 1.85. The summed E-state index contributed by atoms with van der Waals surface area (Å²) in [5.41, 5.74) is 1.68. The number of hydrogen-bond acceptors (Lipinski definition) is 3. The van der Waals surface area contributed by atoms with Gasteiger partial charge >= 0.3 is 0 Å². The molecule has 2 rings (SSSR count). The van der Waals surface area contributed by atoms with Crippen molar-refractivity contribution in [2.75, 3.05) is 0 Å². The van der Waals surface area contributed by atoms with Crippen LogP contribution in [0.3, 0.4) is 0 Å². The van der Waals surface area contributed by atoms with Gasteiger partial charge in [-0.25, -0.2) is 4.98 Å². The maximum atomic E-state index is 5.75. The zero-order valence-electron chi connectivity index (χ0n) is 7.68. The average Bonchev–Trinajstić information content (AvgIpc) is 2.65. The molecule has 0 amide bonds. The molecule has 0 aliphatic carbocycles. The topological polar surface area (TPSA) is 43.6 Å². The fourth-order valence-electron chi connectivity index (χ4n) is 1.27. The molecule has 0 bridgehead atoms. The molecule has 0 aliphatic heterocycles. The second-order valence-corrected chi connectivity index (χ2v) is 3.15. The van der Waals surface area contributed by atoms with Crippen LogP contribution in [0.4, 0.5) is 0 Å². The summed E-state index contributed by atoms with van der Waals surface area (Å²) in [6, 6.07) is 1.89. The van der Waals surface area contributed by atoms with E-state index in [1.165, 1.54) is 6.20 Å². The van der Waals surface area contributed by atoms with Crippen molar-refractivity contribution in [3.8, 4) is 11.4 Å². The van der Waals surface area contributed by atoms with Gasteiger partial charge < -0.3 is 0 Å². The Kier molecular flexibility index (Phi) is 2.45. The molecule has 5 heteroatoms. The van der Waals surface area contributed by atoms with Gasteiger partial charge in [-0.15, -0.1) is 0 Å². The molecule has 0 fully saturated rings. The zero-order valence-corrected chi connectivity index (χ0v) is 8.44. The molecule has 2 aromatic rings. The average molecular weight is 209 g/mol. The lowest BCUT2D eigenvalue weighted by Crippen LogP contribution is -2.00. The molecule has 2 aromatic heterocycles. The summed E-state index contributed by atoms with van der Waals surface area (Å²) in [5.74, 6) is 0. The third kappa shape index (κ3) is 1.61. The number of halogens is 1. The van der Waals surface area contributed by atoms with E-state index in [4.69, 9.17) is 11.6 Å². The van der Waals surface area contributed by atoms with E-state index in [0.29, 0.717) is 5.15 Å². The number of aromatic nitrogens is 4. The van der Waals surface area contributed by atoms with E-state index in [-0.39, 0.29) is 0 Å². The second kappa shape index (κ2) is 3.75. The molecule has 2 heterocycles. The van der Waals surface area contributed by atoms with Crippen molar-refractivity contribution < 1.29 is 0 Å². The van der Waals surface area contributed by atoms with Crippen LogP contribution in [-0.2, 0) is 6.54 Å². The van der Waals surface area contributed by atoms with Crippen LogP contribution in [-0.4, -0.2) is 19.7 Å². The Morgan fingerprint density at radius 1 is 1.43 bits per heavy atom. The van der Waals surface area contributed by atoms with E-state index in [0.717, 1.165) is 17.9 Å². The minimum Gasteiger partial charge on any atom is -0.264 e. The van der Waals surface area contributed by atoms with E-state index < -0.39 is 0 Å². The highest BCUT2D eigenvalue weighted by Gasteiger charge is 2.05. The zero-order chi connectivity index (χ0) is 9.97. The Morgan fingerprint density at radius 3 is 3.00 bits per heavy atom. The smallest absolute Gasteiger partial charge is 0.148 e. The molecule has 0 aromatic carbocycles. The van der Waals surface area contributed by atoms with Gasteiger partial charge in [-0.3, -0.25) is 9.67 Å². The SMILES string of the molecule is CCn1nccc1-c1cncc(Cl)n1. The van der Waals surface area contributed by atoms with Crippen molar-refractivity contribution in [1.82, 2.24) is 19.7 Å². The van der Waals surface area contributed by atoms with Gasteiger partial charge in [-0.05, 0) is 13.0 Å². The van der Waals surface area contributed by atoms with Crippen LogP contribution in [0, 0.1) is 0 Å². The molecular formula is C9H9ClN4. The molecule has 0 spiro atoms. The summed E-state index contributed by atoms with van der Waals surface area (Å²) in [6.45, 7) is 2.82. The van der Waals surface area contributed by atoms with Crippen molar-refractivity contribution in [1.29, 1.82) is 0 Å². The van der Waals surface area contributed by atoms with Crippen LogP contribution in [0.15, 0.2) is 24.7 Å². The molecular weight excluding hydrogens is 200 g/mol. The van der Waals surface area contributed by atoms with E-state index in [1.807, 2.05) is 17.7 Å². The van der Waals surface area contributed by atoms with E-state index in [2.05, 4.69) is 15.1 Å². The van der Waals surface area contributed by atoms with Gasteiger partial charge in [-0.2, -0.15) is 5.10 Å². The molecule has 0 radical (unpaired) electrons. The lowest BCUT2D eigenvalue weighted by molar-refractivity contribution is 0.665. The molecule has 0 saturated carbocycles. The van der Waals surface area contributed by atoms with Crippen LogP contribution in [0.5, 0.6) is 0 Å². The van der Waals surface area contributed by atoms with Crippen molar-refractivity contribution in [2.45, 2.75) is 13.5 Å². The van der Waals surface area contributed by atoms with Gasteiger partial charge in [0, 0.05) is 12.7 Å². The normalized spacial score (nSPS) is 10.4. The Labute approximate surface area is 86.6 Å². The minimum absolute atomic E-state index is 0.395. The summed E-state index contributed by atoms with van der Waals surface area (Å²) in [5, 5.41) is 4.54. The number of rotatable bonds is 2. The molecule has 0 unspecified atom stereocenters. The Balaban J connectivity index is 2.49. The summed E-state index contributed by atoms with van der Waals surface area (Å²) in [7, 11) is 0. The van der Waals surface area contributed by atoms with Crippen LogP contribution in [0.25, 0.3) is 11.4 Å². The van der Waals surface area contributed by atoms with Crippen LogP contribution < -0.4 is 0 Å². The lowest BCUT2D eigenvalue weighted by atomic mass is 10.3. The standard InChI is InChI=1S/C9H9ClN4/c1-2-14-8(3-4-12-14)7-5-11-6-9(10)13-7/h3-6H,2H2,1H3. The van der Waals surface area contributed by atoms with E-state index >= 15 is 0 Å². The van der Waals surface area contributed by atoms with Crippen molar-refractivity contribution in [2.24, 2.45) is 0 Å². The lowest BCUT2D eigenvalue weighted by Gasteiger charge is -2.02.